The van der Waals surface area contributed by atoms with Crippen LogP contribution in [0.25, 0.3) is 0 Å². The molecule has 0 radical (unpaired) electrons. The Balaban J connectivity index is 0.000000241. The Labute approximate surface area is 95.2 Å². The number of rotatable bonds is 4. The largest absolute Gasteiger partial charge is 0.156 e. The molecule has 0 aromatic rings. The Morgan fingerprint density at radius 2 is 1.36 bits per heavy atom. The molecule has 1 saturated carbocycles. The van der Waals surface area contributed by atoms with Gasteiger partial charge in [0.1, 0.15) is 0 Å². The van der Waals surface area contributed by atoms with Gasteiger partial charge in [-0.2, -0.15) is 11.8 Å². The van der Waals surface area contributed by atoms with Gasteiger partial charge in [0.2, 0.25) is 0 Å². The van der Waals surface area contributed by atoms with E-state index in [-0.39, 0.29) is 0 Å². The topological polar surface area (TPSA) is 0 Å². The standard InChI is InChI=1S/C7H14.C6H14S/c1-6(2)5-7-3-4-7;1-5(2)7-6(3)4/h6-7H,3-5H2,1-2H3;5-6H,1-4H3. The second-order valence-corrected chi connectivity index (χ2v) is 7.46. The van der Waals surface area contributed by atoms with E-state index in [0.717, 1.165) is 22.3 Å². The predicted octanol–water partition coefficient (Wildman–Crippen LogP) is 4.98. The van der Waals surface area contributed by atoms with E-state index in [2.05, 4.69) is 41.5 Å². The quantitative estimate of drug-likeness (QED) is 0.639. The summed E-state index contributed by atoms with van der Waals surface area (Å²) in [6.07, 6.45) is 4.50. The fraction of sp³-hybridized carbons (Fsp3) is 1.00. The summed E-state index contributed by atoms with van der Waals surface area (Å²) in [6, 6.07) is 0. The molecule has 86 valence electrons. The second kappa shape index (κ2) is 7.62. The maximum absolute atomic E-state index is 2.30. The summed E-state index contributed by atoms with van der Waals surface area (Å²) in [6.45, 7) is 13.5. The molecule has 1 rings (SSSR count). The molecule has 0 aliphatic heterocycles. The zero-order valence-corrected chi connectivity index (χ0v) is 11.7. The molecule has 0 atom stereocenters. The normalized spacial score (nSPS) is 16.1. The summed E-state index contributed by atoms with van der Waals surface area (Å²) in [7, 11) is 0. The first kappa shape index (κ1) is 14.3. The van der Waals surface area contributed by atoms with Crippen molar-refractivity contribution in [3.05, 3.63) is 0 Å². The van der Waals surface area contributed by atoms with Gasteiger partial charge in [0.05, 0.1) is 0 Å². The summed E-state index contributed by atoms with van der Waals surface area (Å²) < 4.78 is 0. The van der Waals surface area contributed by atoms with Gasteiger partial charge >= 0.3 is 0 Å². The van der Waals surface area contributed by atoms with Gasteiger partial charge in [-0.1, -0.05) is 54.4 Å². The van der Waals surface area contributed by atoms with Crippen LogP contribution in [0.3, 0.4) is 0 Å². The molecule has 1 heteroatoms. The van der Waals surface area contributed by atoms with E-state index in [1.165, 1.54) is 19.3 Å². The van der Waals surface area contributed by atoms with Crippen LogP contribution in [-0.2, 0) is 0 Å². The summed E-state index contributed by atoms with van der Waals surface area (Å²) in [5.41, 5.74) is 0. The third-order valence-corrected chi connectivity index (χ3v) is 3.13. The lowest BCUT2D eigenvalue weighted by molar-refractivity contribution is 0.541. The SMILES string of the molecule is CC(C)CC1CC1.CC(C)SC(C)C. The van der Waals surface area contributed by atoms with Crippen LogP contribution in [0.4, 0.5) is 0 Å². The molecule has 1 aliphatic carbocycles. The summed E-state index contributed by atoms with van der Waals surface area (Å²) >= 11 is 2.01. The van der Waals surface area contributed by atoms with Gasteiger partial charge in [0, 0.05) is 0 Å². The monoisotopic (exact) mass is 216 g/mol. The first-order chi connectivity index (χ1) is 6.41. The number of hydrogen-bond donors (Lipinski definition) is 0. The molecule has 1 aliphatic rings. The minimum absolute atomic E-state index is 0.792. The van der Waals surface area contributed by atoms with Crippen LogP contribution in [-0.4, -0.2) is 10.5 Å². The van der Waals surface area contributed by atoms with E-state index in [1.807, 2.05) is 11.8 Å². The Morgan fingerprint density at radius 3 is 1.43 bits per heavy atom. The lowest BCUT2D eigenvalue weighted by Gasteiger charge is -2.05. The third-order valence-electron chi connectivity index (χ3n) is 2.05. The van der Waals surface area contributed by atoms with Gasteiger partial charge in [-0.3, -0.25) is 0 Å². The highest BCUT2D eigenvalue weighted by atomic mass is 32.2. The Kier molecular flexibility index (Phi) is 7.81. The van der Waals surface area contributed by atoms with Crippen molar-refractivity contribution >= 4 is 11.8 Å². The van der Waals surface area contributed by atoms with Crippen LogP contribution in [0.5, 0.6) is 0 Å². The van der Waals surface area contributed by atoms with E-state index < -0.39 is 0 Å². The fourth-order valence-corrected chi connectivity index (χ4v) is 2.65. The van der Waals surface area contributed by atoms with Crippen LogP contribution in [0, 0.1) is 11.8 Å². The molecule has 0 bridgehead atoms. The summed E-state index contributed by atoms with van der Waals surface area (Å²) in [4.78, 5) is 0. The van der Waals surface area contributed by atoms with E-state index in [1.54, 1.807) is 0 Å². The first-order valence-electron chi connectivity index (χ1n) is 6.07. The minimum atomic E-state index is 0.792. The van der Waals surface area contributed by atoms with E-state index in [4.69, 9.17) is 0 Å². The van der Waals surface area contributed by atoms with E-state index in [9.17, 15) is 0 Å². The van der Waals surface area contributed by atoms with Crippen LogP contribution < -0.4 is 0 Å². The number of hydrogen-bond acceptors (Lipinski definition) is 1. The number of thioether (sulfide) groups is 1. The molecule has 0 nitrogen and oxygen atoms in total. The van der Waals surface area contributed by atoms with Crippen molar-refractivity contribution in [1.29, 1.82) is 0 Å². The molecule has 0 N–H and O–H groups in total. The minimum Gasteiger partial charge on any atom is -0.156 e. The maximum atomic E-state index is 2.30. The Bertz CT molecular complexity index is 107. The van der Waals surface area contributed by atoms with Gasteiger partial charge in [-0.25, -0.2) is 0 Å². The van der Waals surface area contributed by atoms with Crippen LogP contribution in [0.2, 0.25) is 0 Å². The smallest absolute Gasteiger partial charge is 0.000711 e. The Hall–Kier alpha value is 0.350. The molecule has 1 fully saturated rings. The van der Waals surface area contributed by atoms with Crippen molar-refractivity contribution in [2.24, 2.45) is 11.8 Å². The Morgan fingerprint density at radius 1 is 0.929 bits per heavy atom. The molecule has 14 heavy (non-hydrogen) atoms. The lowest BCUT2D eigenvalue weighted by Crippen LogP contribution is -1.94. The van der Waals surface area contributed by atoms with Crippen molar-refractivity contribution in [1.82, 2.24) is 0 Å². The third kappa shape index (κ3) is 12.3. The zero-order valence-electron chi connectivity index (χ0n) is 10.8. The molecule has 0 aromatic carbocycles. The molecule has 0 aromatic heterocycles. The average Bonchev–Trinajstić information content (AvgIpc) is 2.67. The van der Waals surface area contributed by atoms with Crippen molar-refractivity contribution in [2.75, 3.05) is 0 Å². The van der Waals surface area contributed by atoms with Crippen molar-refractivity contribution in [2.45, 2.75) is 71.3 Å². The first-order valence-corrected chi connectivity index (χ1v) is 7.01. The molecular weight excluding hydrogens is 188 g/mol. The fourth-order valence-electron chi connectivity index (χ4n) is 1.56. The highest BCUT2D eigenvalue weighted by molar-refractivity contribution is 8.00. The van der Waals surface area contributed by atoms with Gasteiger partial charge in [0.25, 0.3) is 0 Å². The van der Waals surface area contributed by atoms with Gasteiger partial charge in [0.15, 0.2) is 0 Å². The van der Waals surface area contributed by atoms with Crippen molar-refractivity contribution in [3.8, 4) is 0 Å². The maximum Gasteiger partial charge on any atom is -0.000711 e. The van der Waals surface area contributed by atoms with E-state index >= 15 is 0 Å². The van der Waals surface area contributed by atoms with Gasteiger partial charge < -0.3 is 0 Å². The second-order valence-electron chi connectivity index (χ2n) is 5.31. The molecule has 0 spiro atoms. The molecule has 0 heterocycles. The van der Waals surface area contributed by atoms with Crippen LogP contribution in [0.1, 0.15) is 60.8 Å². The van der Waals surface area contributed by atoms with Gasteiger partial charge in [-0.15, -0.1) is 0 Å². The van der Waals surface area contributed by atoms with Crippen LogP contribution in [0.15, 0.2) is 0 Å². The highest BCUT2D eigenvalue weighted by Crippen LogP contribution is 2.34. The van der Waals surface area contributed by atoms with Crippen LogP contribution >= 0.6 is 11.8 Å². The lowest BCUT2D eigenvalue weighted by atomic mass is 10.1. The highest BCUT2D eigenvalue weighted by Gasteiger charge is 2.21. The predicted molar refractivity (Wildman–Crippen MR) is 70.0 cm³/mol. The molecular formula is C13H28S. The zero-order chi connectivity index (χ0) is 11.1. The average molecular weight is 216 g/mol. The summed E-state index contributed by atoms with van der Waals surface area (Å²) in [5, 5.41) is 1.58. The molecule has 0 unspecified atom stereocenters. The van der Waals surface area contributed by atoms with E-state index in [0.29, 0.717) is 0 Å². The van der Waals surface area contributed by atoms with Gasteiger partial charge in [-0.05, 0) is 28.8 Å². The van der Waals surface area contributed by atoms with Crippen molar-refractivity contribution in [3.63, 3.8) is 0 Å². The molecule has 0 amide bonds. The van der Waals surface area contributed by atoms with Crippen molar-refractivity contribution < 1.29 is 0 Å². The summed E-state index contributed by atoms with van der Waals surface area (Å²) in [5.74, 6) is 2.06. The molecule has 0 saturated heterocycles.